The van der Waals surface area contributed by atoms with Crippen molar-refractivity contribution in [1.82, 2.24) is 24.5 Å². The van der Waals surface area contributed by atoms with Crippen LogP contribution in [-0.2, 0) is 0 Å². The molecule has 0 saturated heterocycles. The summed E-state index contributed by atoms with van der Waals surface area (Å²) < 4.78 is 8.93. The van der Waals surface area contributed by atoms with Gasteiger partial charge in [-0.25, -0.2) is 9.97 Å². The van der Waals surface area contributed by atoms with Crippen LogP contribution < -0.4 is 0 Å². The van der Waals surface area contributed by atoms with E-state index in [1.54, 1.807) is 0 Å². The second-order valence-electron chi connectivity index (χ2n) is 14.6. The Balaban J connectivity index is 1.02. The Morgan fingerprint density at radius 3 is 1.64 bits per heavy atom. The highest BCUT2D eigenvalue weighted by Gasteiger charge is 2.21. The number of para-hydroxylation sites is 4. The average Bonchev–Trinajstić information content (AvgIpc) is 3.85. The van der Waals surface area contributed by atoms with Crippen molar-refractivity contribution < 1.29 is 4.42 Å². The van der Waals surface area contributed by atoms with E-state index < -0.39 is 0 Å². The molecule has 0 atom stereocenters. The molecule has 0 bridgehead atoms. The van der Waals surface area contributed by atoms with E-state index in [1.165, 1.54) is 0 Å². The van der Waals surface area contributed by atoms with Crippen molar-refractivity contribution in [2.24, 2.45) is 0 Å². The minimum atomic E-state index is 0.572. The van der Waals surface area contributed by atoms with Crippen LogP contribution in [0.3, 0.4) is 0 Å². The number of nitrogens with zero attached hydrogens (tertiary/aromatic N) is 5. The van der Waals surface area contributed by atoms with Gasteiger partial charge in [0.05, 0.1) is 22.2 Å². The number of furan rings is 1. The van der Waals surface area contributed by atoms with E-state index in [0.29, 0.717) is 17.6 Å². The van der Waals surface area contributed by atoms with Crippen LogP contribution in [0, 0.1) is 0 Å². The summed E-state index contributed by atoms with van der Waals surface area (Å²) in [6.45, 7) is 0. The summed E-state index contributed by atoms with van der Waals surface area (Å²) in [6.07, 6.45) is 0. The summed E-state index contributed by atoms with van der Waals surface area (Å²) >= 11 is 0. The lowest BCUT2D eigenvalue weighted by Crippen LogP contribution is -2.06. The summed E-state index contributed by atoms with van der Waals surface area (Å²) in [4.78, 5) is 20.4. The lowest BCUT2D eigenvalue weighted by Gasteiger charge is -2.11. The lowest BCUT2D eigenvalue weighted by atomic mass is 9.95. The second kappa shape index (κ2) is 12.8. The number of fused-ring (bicyclic) bond motifs is 10. The van der Waals surface area contributed by atoms with E-state index in [0.717, 1.165) is 98.9 Å². The van der Waals surface area contributed by atoms with Crippen LogP contribution in [0.25, 0.3) is 117 Å². The number of rotatable bonds is 5. The minimum absolute atomic E-state index is 0.572. The smallest absolute Gasteiger partial charge is 0.238 e. The SMILES string of the molecule is c1ccc(-c2nc(-c3ccc(-c4cccc5c4oc4ccc6c(-c7ccccc7)nc7ccccc7c6c45)cc3)nc(-n3c4ccccc4c4ccccc43)n2)cc1. The summed E-state index contributed by atoms with van der Waals surface area (Å²) in [5, 5.41) is 7.82. The molecule has 270 valence electrons. The maximum absolute atomic E-state index is 6.79. The van der Waals surface area contributed by atoms with Crippen molar-refractivity contribution in [2.75, 3.05) is 0 Å². The third kappa shape index (κ3) is 4.98. The molecule has 0 saturated carbocycles. The Labute approximate surface area is 332 Å². The van der Waals surface area contributed by atoms with E-state index in [4.69, 9.17) is 24.4 Å². The fourth-order valence-electron chi connectivity index (χ4n) is 8.62. The van der Waals surface area contributed by atoms with Gasteiger partial charge in [-0.3, -0.25) is 4.57 Å². The molecule has 0 aliphatic heterocycles. The monoisotopic (exact) mass is 741 g/mol. The molecular formula is C52H31N5O. The molecule has 6 heteroatoms. The highest BCUT2D eigenvalue weighted by atomic mass is 16.3. The van der Waals surface area contributed by atoms with Gasteiger partial charge in [-0.15, -0.1) is 0 Å². The zero-order valence-corrected chi connectivity index (χ0v) is 31.0. The van der Waals surface area contributed by atoms with Gasteiger partial charge in [0, 0.05) is 60.0 Å². The first-order valence-electron chi connectivity index (χ1n) is 19.4. The van der Waals surface area contributed by atoms with E-state index in [1.807, 2.05) is 36.4 Å². The van der Waals surface area contributed by atoms with Crippen molar-refractivity contribution in [2.45, 2.75) is 0 Å². The Morgan fingerprint density at radius 2 is 0.931 bits per heavy atom. The molecule has 0 aliphatic carbocycles. The Hall–Kier alpha value is -7.96. The highest BCUT2D eigenvalue weighted by Crippen LogP contribution is 2.43. The van der Waals surface area contributed by atoms with Gasteiger partial charge in [0.15, 0.2) is 11.6 Å². The third-order valence-electron chi connectivity index (χ3n) is 11.3. The molecule has 6 nitrogen and oxygen atoms in total. The zero-order valence-electron chi connectivity index (χ0n) is 31.0. The van der Waals surface area contributed by atoms with Crippen LogP contribution in [0.2, 0.25) is 0 Å². The fraction of sp³-hybridized carbons (Fsp3) is 0. The van der Waals surface area contributed by atoms with Gasteiger partial charge in [-0.1, -0.05) is 158 Å². The third-order valence-corrected chi connectivity index (χ3v) is 11.3. The summed E-state index contributed by atoms with van der Waals surface area (Å²) in [5.74, 6) is 1.78. The normalized spacial score (nSPS) is 11.8. The summed E-state index contributed by atoms with van der Waals surface area (Å²) in [5.41, 5.74) is 10.7. The van der Waals surface area contributed by atoms with Crippen LogP contribution in [0.15, 0.2) is 192 Å². The Bertz CT molecular complexity index is 3500. The maximum Gasteiger partial charge on any atom is 0.238 e. The molecule has 0 fully saturated rings. The van der Waals surface area contributed by atoms with Crippen molar-refractivity contribution in [3.05, 3.63) is 188 Å². The molecule has 8 aromatic carbocycles. The van der Waals surface area contributed by atoms with Crippen LogP contribution in [-0.4, -0.2) is 24.5 Å². The first-order valence-corrected chi connectivity index (χ1v) is 19.4. The average molecular weight is 742 g/mol. The van der Waals surface area contributed by atoms with Gasteiger partial charge in [0.1, 0.15) is 11.2 Å². The maximum atomic E-state index is 6.79. The number of benzene rings is 8. The first kappa shape index (κ1) is 32.3. The summed E-state index contributed by atoms with van der Waals surface area (Å²) in [6, 6.07) is 64.9. The molecular weight excluding hydrogens is 711 g/mol. The van der Waals surface area contributed by atoms with Crippen LogP contribution in [0.5, 0.6) is 0 Å². The van der Waals surface area contributed by atoms with E-state index >= 15 is 0 Å². The Kier molecular flexibility index (Phi) is 7.13. The van der Waals surface area contributed by atoms with Gasteiger partial charge < -0.3 is 4.42 Å². The minimum Gasteiger partial charge on any atom is -0.455 e. The lowest BCUT2D eigenvalue weighted by molar-refractivity contribution is 0.670. The Morgan fingerprint density at radius 1 is 0.362 bits per heavy atom. The molecule has 0 radical (unpaired) electrons. The van der Waals surface area contributed by atoms with Crippen molar-refractivity contribution in [3.63, 3.8) is 0 Å². The number of aromatic nitrogens is 5. The highest BCUT2D eigenvalue weighted by molar-refractivity contribution is 6.29. The van der Waals surface area contributed by atoms with E-state index in [9.17, 15) is 0 Å². The molecule has 0 N–H and O–H groups in total. The molecule has 0 amide bonds. The van der Waals surface area contributed by atoms with Gasteiger partial charge in [-0.2, -0.15) is 9.97 Å². The van der Waals surface area contributed by atoms with Crippen LogP contribution in [0.4, 0.5) is 0 Å². The van der Waals surface area contributed by atoms with Gasteiger partial charge in [-0.05, 0) is 35.9 Å². The first-order chi connectivity index (χ1) is 28.8. The molecule has 4 heterocycles. The van der Waals surface area contributed by atoms with Crippen molar-refractivity contribution in [1.29, 1.82) is 0 Å². The quantitative estimate of drug-likeness (QED) is 0.164. The predicted octanol–water partition coefficient (Wildman–Crippen LogP) is 13.2. The predicted molar refractivity (Wildman–Crippen MR) is 236 cm³/mol. The number of pyridine rings is 1. The number of hydrogen-bond donors (Lipinski definition) is 0. The van der Waals surface area contributed by atoms with Crippen molar-refractivity contribution >= 4 is 65.4 Å². The summed E-state index contributed by atoms with van der Waals surface area (Å²) in [7, 11) is 0. The molecule has 0 spiro atoms. The standard InChI is InChI=1S/C52H31N5O/c1-3-14-33(15-4-1)48-40-30-31-45-47(46(40)39-20-7-10-23-42(39)53-48)41-22-13-21-36(49(41)58-45)32-26-28-35(29-27-32)51-54-50(34-16-5-2-6-17-34)55-52(56-51)57-43-24-11-8-18-37(43)38-19-9-12-25-44(38)57/h1-31H. The fourth-order valence-corrected chi connectivity index (χ4v) is 8.62. The van der Waals surface area contributed by atoms with Gasteiger partial charge in [0.25, 0.3) is 0 Å². The van der Waals surface area contributed by atoms with Crippen molar-refractivity contribution in [3.8, 4) is 51.1 Å². The topological polar surface area (TPSA) is 69.6 Å². The molecule has 0 unspecified atom stereocenters. The molecule has 12 aromatic rings. The molecule has 12 rings (SSSR count). The van der Waals surface area contributed by atoms with E-state index in [-0.39, 0.29) is 0 Å². The van der Waals surface area contributed by atoms with Gasteiger partial charge >= 0.3 is 0 Å². The van der Waals surface area contributed by atoms with E-state index in [2.05, 4.69) is 156 Å². The molecule has 58 heavy (non-hydrogen) atoms. The van der Waals surface area contributed by atoms with Gasteiger partial charge in [0.2, 0.25) is 5.95 Å². The largest absolute Gasteiger partial charge is 0.455 e. The van der Waals surface area contributed by atoms with Crippen LogP contribution in [0.1, 0.15) is 0 Å². The number of hydrogen-bond acceptors (Lipinski definition) is 5. The molecule has 4 aromatic heterocycles. The van der Waals surface area contributed by atoms with Crippen LogP contribution >= 0.6 is 0 Å². The second-order valence-corrected chi connectivity index (χ2v) is 14.6. The molecule has 0 aliphatic rings. The zero-order chi connectivity index (χ0) is 38.2.